The van der Waals surface area contributed by atoms with Crippen LogP contribution in [0.15, 0.2) is 33.9 Å². The Kier molecular flexibility index (Phi) is 4.99. The Morgan fingerprint density at radius 3 is 2.69 bits per heavy atom. The van der Waals surface area contributed by atoms with E-state index in [0.717, 1.165) is 18.4 Å². The number of hydrogen-bond donors (Lipinski definition) is 1. The topological polar surface area (TPSA) is 122 Å². The third-order valence-corrected chi connectivity index (χ3v) is 6.47. The van der Waals surface area contributed by atoms with E-state index in [4.69, 9.17) is 4.52 Å². The third-order valence-electron chi connectivity index (χ3n) is 3.96. The van der Waals surface area contributed by atoms with Crippen molar-refractivity contribution in [1.82, 2.24) is 14.4 Å². The number of rotatable bonds is 5. The van der Waals surface area contributed by atoms with E-state index in [1.165, 1.54) is 16.7 Å². The Labute approximate surface area is 150 Å². The number of anilines is 1. The van der Waals surface area contributed by atoms with Crippen LogP contribution >= 0.6 is 0 Å². The van der Waals surface area contributed by atoms with Crippen LogP contribution in [0.4, 0.5) is 10.1 Å². The molecule has 1 fully saturated rings. The standard InChI is InChI=1S/C14H17FN4O5S2/c1-25(20,21)18-11-4-5-13(12(15)7-11)26(22,23)19-6-2-3-10(8-19)14-16-9-17-24-14/h4-5,7,9-10,18H,2-3,6,8H2,1H3/t10-/m1/s1. The molecule has 1 aromatic carbocycles. The molecule has 142 valence electrons. The van der Waals surface area contributed by atoms with Gasteiger partial charge in [0.25, 0.3) is 0 Å². The first-order valence-corrected chi connectivity index (χ1v) is 11.0. The summed E-state index contributed by atoms with van der Waals surface area (Å²) in [5, 5.41) is 3.53. The molecule has 2 aromatic rings. The van der Waals surface area contributed by atoms with Crippen LogP contribution in [0.3, 0.4) is 0 Å². The second-order valence-corrected chi connectivity index (χ2v) is 9.66. The van der Waals surface area contributed by atoms with E-state index in [1.54, 1.807) is 0 Å². The monoisotopic (exact) mass is 404 g/mol. The zero-order chi connectivity index (χ0) is 18.9. The molecule has 2 heterocycles. The summed E-state index contributed by atoms with van der Waals surface area (Å²) in [7, 11) is -7.68. The van der Waals surface area contributed by atoms with Crippen LogP contribution in [-0.2, 0) is 20.0 Å². The number of nitrogens with zero attached hydrogens (tertiary/aromatic N) is 3. The summed E-state index contributed by atoms with van der Waals surface area (Å²) in [4.78, 5) is 3.44. The molecule has 1 aromatic heterocycles. The Morgan fingerprint density at radius 1 is 1.31 bits per heavy atom. The van der Waals surface area contributed by atoms with Crippen molar-refractivity contribution in [3.8, 4) is 0 Å². The minimum atomic E-state index is -4.09. The van der Waals surface area contributed by atoms with Gasteiger partial charge in [-0.1, -0.05) is 5.16 Å². The van der Waals surface area contributed by atoms with Crippen molar-refractivity contribution in [3.63, 3.8) is 0 Å². The van der Waals surface area contributed by atoms with E-state index in [9.17, 15) is 21.2 Å². The van der Waals surface area contributed by atoms with Crippen molar-refractivity contribution in [1.29, 1.82) is 0 Å². The molecule has 0 spiro atoms. The van der Waals surface area contributed by atoms with Crippen molar-refractivity contribution in [2.45, 2.75) is 23.7 Å². The first-order valence-electron chi connectivity index (χ1n) is 7.71. The van der Waals surface area contributed by atoms with Gasteiger partial charge in [0.15, 0.2) is 6.33 Å². The summed E-state index contributed by atoms with van der Waals surface area (Å²) in [5.41, 5.74) is -0.0497. The van der Waals surface area contributed by atoms with Crippen LogP contribution in [0.1, 0.15) is 24.7 Å². The summed E-state index contributed by atoms with van der Waals surface area (Å²) in [6.07, 6.45) is 3.42. The molecule has 26 heavy (non-hydrogen) atoms. The normalized spacial score (nSPS) is 19.4. The van der Waals surface area contributed by atoms with Crippen LogP contribution in [0.5, 0.6) is 0 Å². The van der Waals surface area contributed by atoms with E-state index < -0.39 is 30.8 Å². The Bertz CT molecular complexity index is 992. The molecule has 9 nitrogen and oxygen atoms in total. The average Bonchev–Trinajstić information content (AvgIpc) is 3.07. The van der Waals surface area contributed by atoms with E-state index in [-0.39, 0.29) is 24.7 Å². The average molecular weight is 404 g/mol. The molecule has 0 aliphatic carbocycles. The maximum atomic E-state index is 14.4. The van der Waals surface area contributed by atoms with Crippen molar-refractivity contribution in [3.05, 3.63) is 36.2 Å². The van der Waals surface area contributed by atoms with E-state index in [1.807, 2.05) is 0 Å². The fourth-order valence-electron chi connectivity index (χ4n) is 2.85. The predicted octanol–water partition coefficient (Wildman–Crippen LogP) is 1.15. The molecule has 0 unspecified atom stereocenters. The smallest absolute Gasteiger partial charge is 0.246 e. The lowest BCUT2D eigenvalue weighted by Gasteiger charge is -2.30. The predicted molar refractivity (Wildman–Crippen MR) is 89.9 cm³/mol. The molecule has 3 rings (SSSR count). The second-order valence-electron chi connectivity index (χ2n) is 6.00. The second kappa shape index (κ2) is 6.93. The van der Waals surface area contributed by atoms with Gasteiger partial charge < -0.3 is 4.52 Å². The molecular weight excluding hydrogens is 387 g/mol. The number of aromatic nitrogens is 2. The lowest BCUT2D eigenvalue weighted by atomic mass is 10.00. The first kappa shape index (κ1) is 18.7. The van der Waals surface area contributed by atoms with Gasteiger partial charge in [0.05, 0.1) is 17.9 Å². The lowest BCUT2D eigenvalue weighted by molar-refractivity contribution is 0.265. The summed E-state index contributed by atoms with van der Waals surface area (Å²) in [6.45, 7) is 0.350. The highest BCUT2D eigenvalue weighted by atomic mass is 32.2. The van der Waals surface area contributed by atoms with E-state index >= 15 is 0 Å². The van der Waals surface area contributed by atoms with Gasteiger partial charge >= 0.3 is 0 Å². The maximum Gasteiger partial charge on any atom is 0.246 e. The molecule has 1 aliphatic heterocycles. The first-order chi connectivity index (χ1) is 12.2. The third kappa shape index (κ3) is 4.02. The summed E-state index contributed by atoms with van der Waals surface area (Å²) >= 11 is 0. The molecular formula is C14H17FN4O5S2. The summed E-state index contributed by atoms with van der Waals surface area (Å²) < 4.78 is 70.7. The number of benzene rings is 1. The number of piperidine rings is 1. The number of halogens is 1. The fourth-order valence-corrected chi connectivity index (χ4v) is 4.97. The van der Waals surface area contributed by atoms with Gasteiger partial charge in [0, 0.05) is 13.1 Å². The number of sulfonamides is 2. The van der Waals surface area contributed by atoms with E-state index in [2.05, 4.69) is 14.9 Å². The van der Waals surface area contributed by atoms with Gasteiger partial charge in [0.2, 0.25) is 25.9 Å². The molecule has 1 saturated heterocycles. The van der Waals surface area contributed by atoms with Crippen molar-refractivity contribution < 1.29 is 25.7 Å². The minimum absolute atomic E-state index is 0.0497. The minimum Gasteiger partial charge on any atom is -0.339 e. The molecule has 0 amide bonds. The van der Waals surface area contributed by atoms with Crippen molar-refractivity contribution in [2.24, 2.45) is 0 Å². The largest absolute Gasteiger partial charge is 0.339 e. The van der Waals surface area contributed by atoms with Crippen molar-refractivity contribution >= 4 is 25.7 Å². The number of nitrogens with one attached hydrogen (secondary N) is 1. The SMILES string of the molecule is CS(=O)(=O)Nc1ccc(S(=O)(=O)N2CCC[C@@H](c3ncno3)C2)c(F)c1. The highest BCUT2D eigenvalue weighted by molar-refractivity contribution is 7.92. The molecule has 1 atom stereocenters. The molecule has 12 heteroatoms. The molecule has 0 radical (unpaired) electrons. The van der Waals surface area contributed by atoms with Crippen LogP contribution in [0.25, 0.3) is 0 Å². The van der Waals surface area contributed by atoms with Gasteiger partial charge in [-0.3, -0.25) is 4.72 Å². The highest BCUT2D eigenvalue weighted by Crippen LogP contribution is 2.30. The quantitative estimate of drug-likeness (QED) is 0.793. The van der Waals surface area contributed by atoms with Crippen molar-refractivity contribution in [2.75, 3.05) is 24.1 Å². The lowest BCUT2D eigenvalue weighted by Crippen LogP contribution is -2.39. The fraction of sp³-hybridized carbons (Fsp3) is 0.429. The van der Waals surface area contributed by atoms with Crippen LogP contribution in [0.2, 0.25) is 0 Å². The van der Waals surface area contributed by atoms with E-state index in [0.29, 0.717) is 18.7 Å². The maximum absolute atomic E-state index is 14.4. The zero-order valence-electron chi connectivity index (χ0n) is 13.8. The summed E-state index contributed by atoms with van der Waals surface area (Å²) in [5.74, 6) is -0.938. The van der Waals surface area contributed by atoms with Crippen LogP contribution < -0.4 is 4.72 Å². The molecule has 1 aliphatic rings. The zero-order valence-corrected chi connectivity index (χ0v) is 15.4. The molecule has 1 N–H and O–H groups in total. The Hall–Kier alpha value is -2.05. The van der Waals surface area contributed by atoms with Crippen LogP contribution in [-0.4, -0.2) is 50.6 Å². The molecule has 0 bridgehead atoms. The number of hydrogen-bond acceptors (Lipinski definition) is 7. The molecule has 0 saturated carbocycles. The summed E-state index contributed by atoms with van der Waals surface area (Å²) in [6, 6.07) is 3.10. The Balaban J connectivity index is 1.85. The Morgan fingerprint density at radius 2 is 2.08 bits per heavy atom. The highest BCUT2D eigenvalue weighted by Gasteiger charge is 2.34. The van der Waals surface area contributed by atoms with Gasteiger partial charge in [-0.25, -0.2) is 21.2 Å². The van der Waals surface area contributed by atoms with Gasteiger partial charge in [-0.05, 0) is 31.0 Å². The van der Waals surface area contributed by atoms with Gasteiger partial charge in [-0.15, -0.1) is 0 Å². The van der Waals surface area contributed by atoms with Gasteiger partial charge in [-0.2, -0.15) is 9.29 Å². The van der Waals surface area contributed by atoms with Crippen LogP contribution in [0, 0.1) is 5.82 Å². The van der Waals surface area contributed by atoms with Gasteiger partial charge in [0.1, 0.15) is 10.7 Å².